The molecule has 0 fully saturated rings. The molecule has 2 atom stereocenters. The lowest BCUT2D eigenvalue weighted by atomic mass is 10.1. The van der Waals surface area contributed by atoms with Crippen LogP contribution in [-0.4, -0.2) is 74.3 Å². The summed E-state index contributed by atoms with van der Waals surface area (Å²) in [6, 6.07) is -1.47. The molecule has 0 aromatic rings. The second-order valence-electron chi connectivity index (χ2n) is 11.6. The van der Waals surface area contributed by atoms with Gasteiger partial charge in [0.15, 0.2) is 12.5 Å². The van der Waals surface area contributed by atoms with Crippen LogP contribution in [0.4, 0.5) is 0 Å². The van der Waals surface area contributed by atoms with Gasteiger partial charge in [0.1, 0.15) is 12.1 Å². The molecule has 0 radical (unpaired) electrons. The maximum absolute atomic E-state index is 11.7. The Kier molecular flexibility index (Phi) is 42.4. The quantitative estimate of drug-likeness (QED) is 0.0538. The number of hydrogen-bond acceptors (Lipinski definition) is 8. The van der Waals surface area contributed by atoms with E-state index in [4.69, 9.17) is 14.4 Å². The zero-order valence-corrected chi connectivity index (χ0v) is 31.7. The molecular formula is C34H66N2O7S3. The van der Waals surface area contributed by atoms with Crippen molar-refractivity contribution in [3.8, 4) is 0 Å². The summed E-state index contributed by atoms with van der Waals surface area (Å²) in [6.45, 7) is 4.45. The monoisotopic (exact) mass is 710 g/mol. The van der Waals surface area contributed by atoms with Crippen LogP contribution in [-0.2, 0) is 31.7 Å². The third-order valence-corrected chi connectivity index (χ3v) is 8.79. The molecule has 0 spiro atoms. The van der Waals surface area contributed by atoms with Crippen molar-refractivity contribution in [3.05, 3.63) is 0 Å². The topological polar surface area (TPSA) is 150 Å². The predicted molar refractivity (Wildman–Crippen MR) is 197 cm³/mol. The van der Waals surface area contributed by atoms with Gasteiger partial charge in [0.05, 0.1) is 0 Å². The molecule has 0 aliphatic heterocycles. The number of carboxylic acid groups (broad SMARTS) is 2. The average Bonchev–Trinajstić information content (AvgIpc) is 3.04. The zero-order chi connectivity index (χ0) is 35.3. The number of hydrogen-bond donors (Lipinski definition) is 4. The number of rotatable bonds is 30. The first-order valence-corrected chi connectivity index (χ1v) is 20.5. The van der Waals surface area contributed by atoms with Crippen molar-refractivity contribution >= 4 is 59.8 Å². The van der Waals surface area contributed by atoms with Crippen molar-refractivity contribution in [2.45, 2.75) is 167 Å². The van der Waals surface area contributed by atoms with Crippen molar-refractivity contribution in [3.63, 3.8) is 0 Å². The van der Waals surface area contributed by atoms with Crippen LogP contribution in [0, 0.1) is 0 Å². The van der Waals surface area contributed by atoms with Crippen LogP contribution in [0.3, 0.4) is 0 Å². The van der Waals surface area contributed by atoms with Gasteiger partial charge in [-0.05, 0) is 49.7 Å². The number of carbonyl (C=O) groups is 4. The molecule has 0 aromatic heterocycles. The van der Waals surface area contributed by atoms with Crippen LogP contribution in [0.2, 0.25) is 0 Å². The van der Waals surface area contributed by atoms with Gasteiger partial charge in [0.2, 0.25) is 11.8 Å². The van der Waals surface area contributed by atoms with Crippen molar-refractivity contribution < 1.29 is 33.6 Å². The highest BCUT2D eigenvalue weighted by Crippen LogP contribution is 2.12. The zero-order valence-electron chi connectivity index (χ0n) is 29.3. The van der Waals surface area contributed by atoms with E-state index in [9.17, 15) is 19.2 Å². The highest BCUT2D eigenvalue weighted by molar-refractivity contribution is 7.98. The van der Waals surface area contributed by atoms with E-state index in [2.05, 4.69) is 37.0 Å². The normalized spacial score (nSPS) is 11.7. The SMILES string of the molecule is CCCCCCCCCCCC(=O)N[C@@H](CCSC)C(=O)O.CCCCCCCCCCCC(=O)N[C@@H](CCSC)C(=O)O.O=S. The van der Waals surface area contributed by atoms with Crippen LogP contribution < -0.4 is 10.6 Å². The first-order valence-electron chi connectivity index (χ1n) is 17.4. The molecule has 272 valence electrons. The summed E-state index contributed by atoms with van der Waals surface area (Å²) in [4.78, 5) is 45.6. The summed E-state index contributed by atoms with van der Waals surface area (Å²) in [5, 5.41) is 23.4. The summed E-state index contributed by atoms with van der Waals surface area (Å²) in [6.07, 6.45) is 27.5. The van der Waals surface area contributed by atoms with Crippen LogP contribution in [0.5, 0.6) is 0 Å². The van der Waals surface area contributed by atoms with Crippen LogP contribution in [0.25, 0.3) is 0 Å². The first-order chi connectivity index (χ1) is 22.2. The number of unbranched alkanes of at least 4 members (excludes halogenated alkanes) is 16. The lowest BCUT2D eigenvalue weighted by Crippen LogP contribution is -2.41. The molecule has 2 amide bonds. The molecule has 0 unspecified atom stereocenters. The van der Waals surface area contributed by atoms with Crippen LogP contribution in [0.15, 0.2) is 0 Å². The Morgan fingerprint density at radius 3 is 1.02 bits per heavy atom. The van der Waals surface area contributed by atoms with E-state index in [1.165, 1.54) is 89.9 Å². The molecule has 0 rings (SSSR count). The molecule has 0 aliphatic carbocycles. The van der Waals surface area contributed by atoms with Gasteiger partial charge in [0.25, 0.3) is 0 Å². The minimum absolute atomic E-state index is 0.128. The van der Waals surface area contributed by atoms with Gasteiger partial charge >= 0.3 is 11.9 Å². The molecule has 0 bridgehead atoms. The molecule has 0 saturated carbocycles. The molecule has 0 saturated heterocycles. The van der Waals surface area contributed by atoms with Crippen molar-refractivity contribution in [1.29, 1.82) is 0 Å². The largest absolute Gasteiger partial charge is 0.480 e. The summed E-state index contributed by atoms with van der Waals surface area (Å²) < 4.78 is 7.83. The Hall–Kier alpha value is -1.40. The molecule has 46 heavy (non-hydrogen) atoms. The molecule has 0 aromatic carbocycles. The fraction of sp³-hybridized carbons (Fsp3) is 0.882. The van der Waals surface area contributed by atoms with Gasteiger partial charge in [-0.15, -0.1) is 0 Å². The number of thioether (sulfide) groups is 2. The average molecular weight is 711 g/mol. The van der Waals surface area contributed by atoms with E-state index >= 15 is 0 Å². The van der Waals surface area contributed by atoms with E-state index in [-0.39, 0.29) is 11.8 Å². The number of carboxylic acids is 2. The highest BCUT2D eigenvalue weighted by atomic mass is 32.2. The summed E-state index contributed by atoms with van der Waals surface area (Å²) in [5.41, 5.74) is 0. The van der Waals surface area contributed by atoms with Gasteiger partial charge in [-0.1, -0.05) is 117 Å². The number of nitrogens with one attached hydrogen (secondary N) is 2. The summed E-state index contributed by atoms with van der Waals surface area (Å²) in [5.74, 6) is -0.637. The van der Waals surface area contributed by atoms with Crippen molar-refractivity contribution in [1.82, 2.24) is 10.6 Å². The van der Waals surface area contributed by atoms with Gasteiger partial charge in [-0.2, -0.15) is 27.7 Å². The Bertz CT molecular complexity index is 675. The maximum atomic E-state index is 11.7. The highest BCUT2D eigenvalue weighted by Gasteiger charge is 2.19. The fourth-order valence-corrected chi connectivity index (χ4v) is 5.65. The van der Waals surface area contributed by atoms with Gasteiger partial charge in [-0.25, -0.2) is 9.59 Å². The number of amides is 2. The van der Waals surface area contributed by atoms with Gasteiger partial charge in [0, 0.05) is 12.8 Å². The number of aliphatic carboxylic acids is 2. The lowest BCUT2D eigenvalue weighted by molar-refractivity contribution is -0.142. The molecule has 4 N–H and O–H groups in total. The second-order valence-corrected chi connectivity index (χ2v) is 13.6. The standard InChI is InChI=1S/2C17H33NO3S.OS/c2*1-3-4-5-6-7-8-9-10-11-12-16(19)18-15(17(20)21)13-14-22-2;1-2/h2*15H,3-14H2,1-2H3,(H,18,19)(H,20,21);/t2*15-;/m00./s1. The van der Waals surface area contributed by atoms with E-state index in [0.717, 1.165) is 37.2 Å². The summed E-state index contributed by atoms with van der Waals surface area (Å²) in [7, 11) is 0. The Balaban J connectivity index is -0.000000762. The van der Waals surface area contributed by atoms with Crippen molar-refractivity contribution in [2.24, 2.45) is 0 Å². The first kappa shape index (κ1) is 49.0. The maximum Gasteiger partial charge on any atom is 0.326 e. The summed E-state index contributed by atoms with van der Waals surface area (Å²) >= 11 is 6.02. The van der Waals surface area contributed by atoms with Crippen LogP contribution >= 0.6 is 23.5 Å². The van der Waals surface area contributed by atoms with Gasteiger partial charge in [-0.3, -0.25) is 9.59 Å². The minimum Gasteiger partial charge on any atom is -0.480 e. The Morgan fingerprint density at radius 1 is 0.522 bits per heavy atom. The fourth-order valence-electron chi connectivity index (χ4n) is 4.71. The van der Waals surface area contributed by atoms with Crippen LogP contribution in [0.1, 0.15) is 155 Å². The van der Waals surface area contributed by atoms with E-state index in [0.29, 0.717) is 25.7 Å². The van der Waals surface area contributed by atoms with E-state index < -0.39 is 24.0 Å². The van der Waals surface area contributed by atoms with E-state index in [1.54, 1.807) is 23.5 Å². The second kappa shape index (κ2) is 39.8. The Labute approximate surface area is 294 Å². The Morgan fingerprint density at radius 2 is 0.783 bits per heavy atom. The smallest absolute Gasteiger partial charge is 0.326 e. The van der Waals surface area contributed by atoms with Crippen molar-refractivity contribution in [2.75, 3.05) is 24.0 Å². The minimum atomic E-state index is -0.936. The molecule has 9 nitrogen and oxygen atoms in total. The molecule has 12 heteroatoms. The lowest BCUT2D eigenvalue weighted by Gasteiger charge is -2.13. The number of carbonyl (C=O) groups excluding carboxylic acids is 2. The predicted octanol–water partition coefficient (Wildman–Crippen LogP) is 8.12. The molecular weight excluding hydrogens is 645 g/mol. The molecule has 0 aliphatic rings. The third kappa shape index (κ3) is 37.1. The van der Waals surface area contributed by atoms with Gasteiger partial charge < -0.3 is 20.8 Å². The van der Waals surface area contributed by atoms with E-state index in [1.807, 2.05) is 12.5 Å². The third-order valence-electron chi connectivity index (χ3n) is 7.50. The molecule has 0 heterocycles.